The molecule has 22 heavy (non-hydrogen) atoms. The molecule has 0 aromatic heterocycles. The molecule has 0 aromatic carbocycles. The molecule has 0 unspecified atom stereocenters. The number of carbonyl (C=O) groups is 1. The maximum Gasteiger partial charge on any atom is 0.168 e. The third kappa shape index (κ3) is 5.67. The summed E-state index contributed by atoms with van der Waals surface area (Å²) >= 11 is 1.90. The van der Waals surface area contributed by atoms with E-state index in [1.165, 1.54) is 0 Å². The van der Waals surface area contributed by atoms with Gasteiger partial charge < -0.3 is 9.94 Å². The molecule has 5 heteroatoms. The lowest BCUT2D eigenvalue weighted by molar-refractivity contribution is -0.116. The van der Waals surface area contributed by atoms with Crippen molar-refractivity contribution in [3.05, 3.63) is 11.3 Å². The molecule has 0 saturated carbocycles. The van der Waals surface area contributed by atoms with Crippen molar-refractivity contribution in [1.82, 2.24) is 0 Å². The molecule has 4 nitrogen and oxygen atoms in total. The minimum Gasteiger partial charge on any atom is -0.511 e. The van der Waals surface area contributed by atoms with Gasteiger partial charge in [-0.2, -0.15) is 11.8 Å². The van der Waals surface area contributed by atoms with Crippen molar-refractivity contribution in [2.24, 2.45) is 11.1 Å². The van der Waals surface area contributed by atoms with Gasteiger partial charge in [0.25, 0.3) is 0 Å². The number of thioether (sulfide) groups is 1. The van der Waals surface area contributed by atoms with Crippen molar-refractivity contribution in [3.8, 4) is 0 Å². The Kier molecular flexibility index (Phi) is 8.61. The first kappa shape index (κ1) is 19.1. The maximum absolute atomic E-state index is 12.5. The van der Waals surface area contributed by atoms with Crippen LogP contribution < -0.4 is 0 Å². The van der Waals surface area contributed by atoms with Crippen LogP contribution in [0, 0.1) is 5.92 Å². The Morgan fingerprint density at radius 2 is 2.14 bits per heavy atom. The Bertz CT molecular complexity index is 432. The second-order valence-electron chi connectivity index (χ2n) is 5.73. The van der Waals surface area contributed by atoms with Crippen LogP contribution in [0.2, 0.25) is 0 Å². The third-order valence-electron chi connectivity index (χ3n) is 3.72. The molecular weight excluding hydrogens is 298 g/mol. The van der Waals surface area contributed by atoms with Crippen LogP contribution in [0.3, 0.4) is 0 Å². The van der Waals surface area contributed by atoms with E-state index in [-0.39, 0.29) is 17.5 Å². The quantitative estimate of drug-likeness (QED) is 0.500. The van der Waals surface area contributed by atoms with Crippen LogP contribution in [0.1, 0.15) is 59.8 Å². The molecule has 0 aliphatic heterocycles. The molecule has 1 rings (SSSR count). The van der Waals surface area contributed by atoms with Crippen molar-refractivity contribution in [2.45, 2.75) is 65.0 Å². The average Bonchev–Trinajstić information content (AvgIpc) is 2.44. The van der Waals surface area contributed by atoms with Gasteiger partial charge in [0, 0.05) is 18.1 Å². The second-order valence-corrected chi connectivity index (χ2v) is 7.44. The predicted octanol–water partition coefficient (Wildman–Crippen LogP) is 4.50. The van der Waals surface area contributed by atoms with Gasteiger partial charge in [0.05, 0.1) is 11.3 Å². The van der Waals surface area contributed by atoms with E-state index in [0.717, 1.165) is 18.6 Å². The summed E-state index contributed by atoms with van der Waals surface area (Å²) in [5.41, 5.74) is 1.00. The van der Waals surface area contributed by atoms with E-state index in [4.69, 9.17) is 4.84 Å². The highest BCUT2D eigenvalue weighted by Gasteiger charge is 2.31. The first-order valence-corrected chi connectivity index (χ1v) is 9.34. The zero-order valence-electron chi connectivity index (χ0n) is 14.2. The lowest BCUT2D eigenvalue weighted by Gasteiger charge is -2.25. The third-order valence-corrected chi connectivity index (χ3v) is 4.81. The van der Waals surface area contributed by atoms with Gasteiger partial charge in [-0.05, 0) is 31.4 Å². The number of hydrogen-bond donors (Lipinski definition) is 1. The van der Waals surface area contributed by atoms with Gasteiger partial charge in [-0.1, -0.05) is 32.3 Å². The average molecular weight is 327 g/mol. The van der Waals surface area contributed by atoms with Crippen molar-refractivity contribution in [2.75, 3.05) is 12.4 Å². The number of nitrogens with zero attached hydrogens (tertiary/aromatic N) is 1. The minimum atomic E-state index is 0.00866. The van der Waals surface area contributed by atoms with Crippen LogP contribution in [-0.4, -0.2) is 34.2 Å². The smallest absolute Gasteiger partial charge is 0.168 e. The van der Waals surface area contributed by atoms with Crippen molar-refractivity contribution < 1.29 is 14.7 Å². The SMILES string of the molecule is CCCC(=NOCC)C1=C(O)C[C@@H](C[C@@H](C)SCC)CC1=O. The van der Waals surface area contributed by atoms with Crippen molar-refractivity contribution in [1.29, 1.82) is 0 Å². The largest absolute Gasteiger partial charge is 0.511 e. The normalized spacial score (nSPS) is 21.2. The Morgan fingerprint density at radius 1 is 1.41 bits per heavy atom. The molecule has 1 aliphatic carbocycles. The van der Waals surface area contributed by atoms with Gasteiger partial charge in [0.2, 0.25) is 0 Å². The van der Waals surface area contributed by atoms with Gasteiger partial charge in [-0.3, -0.25) is 4.79 Å². The summed E-state index contributed by atoms with van der Waals surface area (Å²) < 4.78 is 0. The maximum atomic E-state index is 12.5. The van der Waals surface area contributed by atoms with E-state index in [0.29, 0.717) is 42.4 Å². The zero-order valence-corrected chi connectivity index (χ0v) is 15.0. The van der Waals surface area contributed by atoms with Crippen LogP contribution in [0.5, 0.6) is 0 Å². The molecular formula is C17H29NO3S. The Morgan fingerprint density at radius 3 is 2.68 bits per heavy atom. The Hall–Kier alpha value is -0.970. The second kappa shape index (κ2) is 9.93. The Balaban J connectivity index is 2.85. The number of oxime groups is 1. The number of hydrogen-bond acceptors (Lipinski definition) is 5. The summed E-state index contributed by atoms with van der Waals surface area (Å²) in [6.07, 6.45) is 3.56. The molecule has 0 saturated heterocycles. The fourth-order valence-corrected chi connectivity index (χ4v) is 3.86. The first-order chi connectivity index (χ1) is 10.5. The highest BCUT2D eigenvalue weighted by Crippen LogP contribution is 2.32. The first-order valence-electron chi connectivity index (χ1n) is 8.29. The molecule has 1 aliphatic rings. The van der Waals surface area contributed by atoms with E-state index < -0.39 is 0 Å². The van der Waals surface area contributed by atoms with Crippen molar-refractivity contribution in [3.63, 3.8) is 0 Å². The molecule has 126 valence electrons. The van der Waals surface area contributed by atoms with Gasteiger partial charge in [-0.15, -0.1) is 0 Å². The van der Waals surface area contributed by atoms with Gasteiger partial charge in [0.1, 0.15) is 12.4 Å². The van der Waals surface area contributed by atoms with E-state index in [1.54, 1.807) is 0 Å². The predicted molar refractivity (Wildman–Crippen MR) is 93.6 cm³/mol. The standard InChI is InChI=1S/C17H29NO3S/c1-5-8-14(18-21-6-2)17-15(19)10-13(11-16(17)20)9-12(4)22-7-3/h12-13,19H,5-11H2,1-4H3/t12-,13-/m1/s1. The number of allylic oxidation sites excluding steroid dienone is 2. The number of Topliss-reactive ketones (excluding diaryl/α,β-unsaturated/α-hetero) is 1. The number of rotatable bonds is 9. The van der Waals surface area contributed by atoms with E-state index in [9.17, 15) is 9.90 Å². The molecule has 0 amide bonds. The van der Waals surface area contributed by atoms with E-state index in [1.807, 2.05) is 25.6 Å². The summed E-state index contributed by atoms with van der Waals surface area (Å²) in [5.74, 6) is 1.52. The summed E-state index contributed by atoms with van der Waals surface area (Å²) in [6, 6.07) is 0. The molecule has 0 radical (unpaired) electrons. The van der Waals surface area contributed by atoms with Crippen LogP contribution in [0.25, 0.3) is 0 Å². The fraction of sp³-hybridized carbons (Fsp3) is 0.765. The highest BCUT2D eigenvalue weighted by molar-refractivity contribution is 7.99. The van der Waals surface area contributed by atoms with Gasteiger partial charge in [-0.25, -0.2) is 0 Å². The number of aliphatic hydroxyl groups excluding tert-OH is 1. The fourth-order valence-electron chi connectivity index (χ4n) is 2.88. The molecule has 0 heterocycles. The summed E-state index contributed by atoms with van der Waals surface area (Å²) in [4.78, 5) is 17.6. The molecule has 0 fully saturated rings. The van der Waals surface area contributed by atoms with E-state index >= 15 is 0 Å². The van der Waals surface area contributed by atoms with Gasteiger partial charge in [0.15, 0.2) is 5.78 Å². The van der Waals surface area contributed by atoms with Crippen LogP contribution in [0.15, 0.2) is 16.5 Å². The molecule has 0 aromatic rings. The topological polar surface area (TPSA) is 58.9 Å². The summed E-state index contributed by atoms with van der Waals surface area (Å²) in [6.45, 7) is 8.67. The molecule has 1 N–H and O–H groups in total. The molecule has 0 bridgehead atoms. The monoisotopic (exact) mass is 327 g/mol. The van der Waals surface area contributed by atoms with Crippen LogP contribution in [0.4, 0.5) is 0 Å². The minimum absolute atomic E-state index is 0.00866. The Labute approximate surface area is 138 Å². The highest BCUT2D eigenvalue weighted by atomic mass is 32.2. The molecule has 0 spiro atoms. The lowest BCUT2D eigenvalue weighted by Crippen LogP contribution is -2.26. The number of carbonyl (C=O) groups excluding carboxylic acids is 1. The van der Waals surface area contributed by atoms with Gasteiger partial charge >= 0.3 is 0 Å². The summed E-state index contributed by atoms with van der Waals surface area (Å²) in [7, 11) is 0. The van der Waals surface area contributed by atoms with E-state index in [2.05, 4.69) is 19.0 Å². The molecule has 2 atom stereocenters. The van der Waals surface area contributed by atoms with Crippen molar-refractivity contribution >= 4 is 23.3 Å². The zero-order chi connectivity index (χ0) is 16.5. The number of aliphatic hydroxyl groups is 1. The van der Waals surface area contributed by atoms with Crippen LogP contribution in [-0.2, 0) is 9.63 Å². The number of ketones is 1. The summed E-state index contributed by atoms with van der Waals surface area (Å²) in [5, 5.41) is 14.9. The van der Waals surface area contributed by atoms with Crippen LogP contribution >= 0.6 is 11.8 Å². The lowest BCUT2D eigenvalue weighted by atomic mass is 9.82.